The van der Waals surface area contributed by atoms with Crippen molar-refractivity contribution >= 4 is 28.4 Å². The fraction of sp³-hybridized carbons (Fsp3) is 0.357. The SMILES string of the molecule is CC(CO)CNC(=O)Cn1ccc2ccc(Cl)cc21. The number of hydrogen-bond donors (Lipinski definition) is 2. The van der Waals surface area contributed by atoms with Gasteiger partial charge in [0, 0.05) is 29.9 Å². The van der Waals surface area contributed by atoms with Gasteiger partial charge in [0.1, 0.15) is 6.54 Å². The summed E-state index contributed by atoms with van der Waals surface area (Å²) in [6, 6.07) is 7.56. The molecule has 1 aromatic heterocycles. The van der Waals surface area contributed by atoms with Crippen molar-refractivity contribution in [3.05, 3.63) is 35.5 Å². The number of carbonyl (C=O) groups is 1. The van der Waals surface area contributed by atoms with E-state index < -0.39 is 0 Å². The number of aliphatic hydroxyl groups excluding tert-OH is 1. The van der Waals surface area contributed by atoms with E-state index in [0.29, 0.717) is 11.6 Å². The second kappa shape index (κ2) is 6.08. The summed E-state index contributed by atoms with van der Waals surface area (Å²) < 4.78 is 1.86. The zero-order valence-electron chi connectivity index (χ0n) is 10.8. The maximum Gasteiger partial charge on any atom is 0.239 e. The number of nitrogens with zero attached hydrogens (tertiary/aromatic N) is 1. The molecule has 0 bridgehead atoms. The van der Waals surface area contributed by atoms with E-state index in [2.05, 4.69) is 5.32 Å². The normalized spacial score (nSPS) is 12.6. The largest absolute Gasteiger partial charge is 0.396 e. The molecule has 0 saturated heterocycles. The first-order chi connectivity index (χ1) is 9.10. The Morgan fingerprint density at radius 3 is 3.00 bits per heavy atom. The minimum absolute atomic E-state index is 0.0693. The summed E-state index contributed by atoms with van der Waals surface area (Å²) in [5.41, 5.74) is 0.942. The molecule has 4 nitrogen and oxygen atoms in total. The van der Waals surface area contributed by atoms with Crippen molar-refractivity contribution in [3.8, 4) is 0 Å². The van der Waals surface area contributed by atoms with Gasteiger partial charge in [-0.15, -0.1) is 0 Å². The molecule has 0 aliphatic rings. The fourth-order valence-corrected chi connectivity index (χ4v) is 2.02. The van der Waals surface area contributed by atoms with Crippen LogP contribution in [0.2, 0.25) is 5.02 Å². The van der Waals surface area contributed by atoms with Gasteiger partial charge in [-0.05, 0) is 29.5 Å². The van der Waals surface area contributed by atoms with Crippen LogP contribution in [0.15, 0.2) is 30.5 Å². The molecule has 0 radical (unpaired) electrons. The summed E-state index contributed by atoms with van der Waals surface area (Å²) in [7, 11) is 0. The van der Waals surface area contributed by atoms with Crippen molar-refractivity contribution in [2.45, 2.75) is 13.5 Å². The molecule has 2 N–H and O–H groups in total. The minimum Gasteiger partial charge on any atom is -0.396 e. The van der Waals surface area contributed by atoms with E-state index >= 15 is 0 Å². The summed E-state index contributed by atoms with van der Waals surface area (Å²) in [6.45, 7) is 2.69. The monoisotopic (exact) mass is 280 g/mol. The topological polar surface area (TPSA) is 54.3 Å². The zero-order chi connectivity index (χ0) is 13.8. The average Bonchev–Trinajstić information content (AvgIpc) is 2.78. The summed E-state index contributed by atoms with van der Waals surface area (Å²) in [5.74, 6) is -0.00224. The molecule has 19 heavy (non-hydrogen) atoms. The predicted octanol–water partition coefficient (Wildman–Crippen LogP) is 2.04. The Bertz CT molecular complexity index is 580. The molecule has 0 aliphatic carbocycles. The van der Waals surface area contributed by atoms with Gasteiger partial charge in [0.25, 0.3) is 0 Å². The minimum atomic E-state index is -0.0715. The van der Waals surface area contributed by atoms with E-state index in [-0.39, 0.29) is 25.0 Å². The van der Waals surface area contributed by atoms with E-state index in [0.717, 1.165) is 10.9 Å². The van der Waals surface area contributed by atoms with E-state index in [9.17, 15) is 4.79 Å². The van der Waals surface area contributed by atoms with Gasteiger partial charge in [-0.25, -0.2) is 0 Å². The van der Waals surface area contributed by atoms with Crippen LogP contribution in [0.25, 0.3) is 10.9 Å². The van der Waals surface area contributed by atoms with Crippen molar-refractivity contribution < 1.29 is 9.90 Å². The van der Waals surface area contributed by atoms with Gasteiger partial charge in [-0.2, -0.15) is 0 Å². The highest BCUT2D eigenvalue weighted by molar-refractivity contribution is 6.31. The Balaban J connectivity index is 2.05. The molecule has 0 fully saturated rings. The number of carbonyl (C=O) groups excluding carboxylic acids is 1. The third kappa shape index (κ3) is 3.49. The Kier molecular flexibility index (Phi) is 4.45. The second-order valence-electron chi connectivity index (χ2n) is 4.74. The van der Waals surface area contributed by atoms with Crippen LogP contribution < -0.4 is 5.32 Å². The molecule has 0 saturated carbocycles. The molecule has 1 unspecified atom stereocenters. The molecule has 0 aliphatic heterocycles. The molecule has 2 rings (SSSR count). The molecular weight excluding hydrogens is 264 g/mol. The summed E-state index contributed by atoms with van der Waals surface area (Å²) in [4.78, 5) is 11.8. The predicted molar refractivity (Wildman–Crippen MR) is 76.2 cm³/mol. The van der Waals surface area contributed by atoms with Gasteiger partial charge in [0.05, 0.1) is 0 Å². The first kappa shape index (κ1) is 13.9. The maximum atomic E-state index is 11.8. The number of nitrogens with one attached hydrogen (secondary N) is 1. The van der Waals surface area contributed by atoms with E-state index in [1.807, 2.05) is 42.0 Å². The Morgan fingerprint density at radius 1 is 1.47 bits per heavy atom. The number of halogens is 1. The van der Waals surface area contributed by atoms with Crippen LogP contribution in [-0.4, -0.2) is 28.7 Å². The number of fused-ring (bicyclic) bond motifs is 1. The third-order valence-corrected chi connectivity index (χ3v) is 3.24. The lowest BCUT2D eigenvalue weighted by molar-refractivity contribution is -0.121. The lowest BCUT2D eigenvalue weighted by Gasteiger charge is -2.10. The molecule has 0 spiro atoms. The number of aromatic nitrogens is 1. The van der Waals surface area contributed by atoms with Crippen LogP contribution in [0.3, 0.4) is 0 Å². The van der Waals surface area contributed by atoms with Crippen LogP contribution in [0.5, 0.6) is 0 Å². The summed E-state index contributed by atoms with van der Waals surface area (Å²) in [5, 5.41) is 13.4. The molecule has 1 aromatic carbocycles. The molecule has 2 aromatic rings. The Labute approximate surface area is 117 Å². The first-order valence-electron chi connectivity index (χ1n) is 6.22. The van der Waals surface area contributed by atoms with Crippen LogP contribution in [0.4, 0.5) is 0 Å². The molecule has 102 valence electrons. The van der Waals surface area contributed by atoms with E-state index in [1.165, 1.54) is 0 Å². The lowest BCUT2D eigenvalue weighted by Crippen LogP contribution is -2.32. The molecule has 1 heterocycles. The van der Waals surface area contributed by atoms with Crippen LogP contribution in [-0.2, 0) is 11.3 Å². The number of benzene rings is 1. The van der Waals surface area contributed by atoms with Gasteiger partial charge in [-0.3, -0.25) is 4.79 Å². The van der Waals surface area contributed by atoms with E-state index in [1.54, 1.807) is 0 Å². The number of rotatable bonds is 5. The summed E-state index contributed by atoms with van der Waals surface area (Å²) in [6.07, 6.45) is 1.87. The molecule has 5 heteroatoms. The second-order valence-corrected chi connectivity index (χ2v) is 5.18. The molecule has 1 amide bonds. The van der Waals surface area contributed by atoms with Crippen LogP contribution in [0, 0.1) is 5.92 Å². The quantitative estimate of drug-likeness (QED) is 0.881. The fourth-order valence-electron chi connectivity index (χ4n) is 1.86. The number of aliphatic hydroxyl groups is 1. The molecular formula is C14H17ClN2O2. The number of hydrogen-bond acceptors (Lipinski definition) is 2. The van der Waals surface area contributed by atoms with Crippen molar-refractivity contribution in [1.29, 1.82) is 0 Å². The third-order valence-electron chi connectivity index (χ3n) is 3.01. The highest BCUT2D eigenvalue weighted by atomic mass is 35.5. The highest BCUT2D eigenvalue weighted by Crippen LogP contribution is 2.20. The standard InChI is InChI=1S/C14H17ClN2O2/c1-10(9-18)7-16-14(19)8-17-5-4-11-2-3-12(15)6-13(11)17/h2-6,10,18H,7-9H2,1H3,(H,16,19). The van der Waals surface area contributed by atoms with Crippen molar-refractivity contribution in [2.75, 3.05) is 13.2 Å². The average molecular weight is 281 g/mol. The smallest absolute Gasteiger partial charge is 0.239 e. The Morgan fingerprint density at radius 2 is 2.26 bits per heavy atom. The number of amides is 1. The highest BCUT2D eigenvalue weighted by Gasteiger charge is 2.08. The van der Waals surface area contributed by atoms with Gasteiger partial charge in [-0.1, -0.05) is 24.6 Å². The van der Waals surface area contributed by atoms with Crippen molar-refractivity contribution in [2.24, 2.45) is 5.92 Å². The Hall–Kier alpha value is -1.52. The summed E-state index contributed by atoms with van der Waals surface area (Å²) >= 11 is 5.96. The van der Waals surface area contributed by atoms with Crippen LogP contribution in [0.1, 0.15) is 6.92 Å². The van der Waals surface area contributed by atoms with Gasteiger partial charge in [0.15, 0.2) is 0 Å². The lowest BCUT2D eigenvalue weighted by atomic mass is 10.2. The van der Waals surface area contributed by atoms with E-state index in [4.69, 9.17) is 16.7 Å². The van der Waals surface area contributed by atoms with Gasteiger partial charge in [0.2, 0.25) is 5.91 Å². The van der Waals surface area contributed by atoms with Crippen molar-refractivity contribution in [1.82, 2.24) is 9.88 Å². The first-order valence-corrected chi connectivity index (χ1v) is 6.60. The van der Waals surface area contributed by atoms with Crippen molar-refractivity contribution in [3.63, 3.8) is 0 Å². The van der Waals surface area contributed by atoms with Gasteiger partial charge < -0.3 is 15.0 Å². The zero-order valence-corrected chi connectivity index (χ0v) is 11.5. The van der Waals surface area contributed by atoms with Gasteiger partial charge >= 0.3 is 0 Å². The molecule has 1 atom stereocenters. The maximum absolute atomic E-state index is 11.8. The van der Waals surface area contributed by atoms with Crippen LogP contribution >= 0.6 is 11.6 Å².